The van der Waals surface area contributed by atoms with E-state index >= 15 is 0 Å². The fourth-order valence-corrected chi connectivity index (χ4v) is 2.82. The highest BCUT2D eigenvalue weighted by molar-refractivity contribution is 5.92. The van der Waals surface area contributed by atoms with Gasteiger partial charge in [-0.2, -0.15) is 0 Å². The van der Waals surface area contributed by atoms with Gasteiger partial charge < -0.3 is 19.4 Å². The van der Waals surface area contributed by atoms with Crippen molar-refractivity contribution in [2.45, 2.75) is 26.2 Å². The SMILES string of the molecule is Cc1nc(C)c(C(=O)N(C)CCNc2cc([C@@H]3CCOC3)ncn2)o1. The van der Waals surface area contributed by atoms with E-state index in [0.717, 1.165) is 24.5 Å². The summed E-state index contributed by atoms with van der Waals surface area (Å²) in [6.07, 6.45) is 2.55. The van der Waals surface area contributed by atoms with E-state index in [1.807, 2.05) is 6.07 Å². The number of nitrogens with one attached hydrogen (secondary N) is 1. The van der Waals surface area contributed by atoms with E-state index in [1.165, 1.54) is 0 Å². The van der Waals surface area contributed by atoms with Crippen molar-refractivity contribution in [1.29, 1.82) is 0 Å². The minimum Gasteiger partial charge on any atom is -0.436 e. The van der Waals surface area contributed by atoms with Gasteiger partial charge in [-0.1, -0.05) is 0 Å². The number of amides is 1. The Morgan fingerprint density at radius 1 is 1.40 bits per heavy atom. The van der Waals surface area contributed by atoms with Crippen LogP contribution in [0.5, 0.6) is 0 Å². The number of likely N-dealkylation sites (N-methyl/N-ethyl adjacent to an activating group) is 1. The first-order valence-electron chi connectivity index (χ1n) is 8.37. The molecule has 1 atom stereocenters. The normalized spacial score (nSPS) is 16.8. The summed E-state index contributed by atoms with van der Waals surface area (Å²) in [5, 5.41) is 3.23. The quantitative estimate of drug-likeness (QED) is 0.852. The lowest BCUT2D eigenvalue weighted by molar-refractivity contribution is 0.0766. The van der Waals surface area contributed by atoms with Crippen molar-refractivity contribution in [3.8, 4) is 0 Å². The summed E-state index contributed by atoms with van der Waals surface area (Å²) in [6.45, 7) is 6.09. The lowest BCUT2D eigenvalue weighted by Crippen LogP contribution is -2.31. The lowest BCUT2D eigenvalue weighted by Gasteiger charge is -2.17. The Morgan fingerprint density at radius 3 is 2.92 bits per heavy atom. The zero-order valence-corrected chi connectivity index (χ0v) is 14.8. The molecule has 1 fully saturated rings. The fourth-order valence-electron chi connectivity index (χ4n) is 2.82. The molecule has 0 radical (unpaired) electrons. The third kappa shape index (κ3) is 4.14. The second-order valence-electron chi connectivity index (χ2n) is 6.19. The molecule has 3 rings (SSSR count). The topological polar surface area (TPSA) is 93.4 Å². The molecule has 8 heteroatoms. The van der Waals surface area contributed by atoms with Gasteiger partial charge in [0, 0.05) is 45.7 Å². The monoisotopic (exact) mass is 345 g/mol. The fraction of sp³-hybridized carbons (Fsp3) is 0.529. The number of hydrogen-bond donors (Lipinski definition) is 1. The molecule has 0 spiro atoms. The van der Waals surface area contributed by atoms with Gasteiger partial charge in [0.1, 0.15) is 12.1 Å². The summed E-state index contributed by atoms with van der Waals surface area (Å²) in [5.41, 5.74) is 1.61. The molecule has 2 aromatic rings. The molecule has 0 unspecified atom stereocenters. The molecule has 25 heavy (non-hydrogen) atoms. The van der Waals surface area contributed by atoms with Crippen molar-refractivity contribution >= 4 is 11.7 Å². The smallest absolute Gasteiger partial charge is 0.291 e. The lowest BCUT2D eigenvalue weighted by atomic mass is 10.1. The summed E-state index contributed by atoms with van der Waals surface area (Å²) in [7, 11) is 1.74. The van der Waals surface area contributed by atoms with Gasteiger partial charge in [-0.15, -0.1) is 0 Å². The standard InChI is InChI=1S/C17H23N5O3/c1-11-16(25-12(2)21-11)17(23)22(3)6-5-18-15-8-14(19-10-20-15)13-4-7-24-9-13/h8,10,13H,4-7,9H2,1-3H3,(H,18,19,20)/t13-/m1/s1. The van der Waals surface area contributed by atoms with Crippen LogP contribution in [0.2, 0.25) is 0 Å². The van der Waals surface area contributed by atoms with Gasteiger partial charge in [0.25, 0.3) is 5.91 Å². The van der Waals surface area contributed by atoms with Crippen molar-refractivity contribution < 1.29 is 13.9 Å². The molecule has 1 aliphatic heterocycles. The molecule has 1 N–H and O–H groups in total. The van der Waals surface area contributed by atoms with Crippen LogP contribution in [0.25, 0.3) is 0 Å². The molecule has 134 valence electrons. The molecule has 0 aromatic carbocycles. The van der Waals surface area contributed by atoms with Crippen molar-refractivity contribution in [3.63, 3.8) is 0 Å². The number of ether oxygens (including phenoxy) is 1. The molecule has 1 aliphatic rings. The second kappa shape index (κ2) is 7.60. The van der Waals surface area contributed by atoms with Crippen LogP contribution >= 0.6 is 0 Å². The van der Waals surface area contributed by atoms with Gasteiger partial charge in [-0.25, -0.2) is 15.0 Å². The van der Waals surface area contributed by atoms with E-state index in [1.54, 1.807) is 32.1 Å². The molecular weight excluding hydrogens is 322 g/mol. The van der Waals surface area contributed by atoms with Gasteiger partial charge in [0.15, 0.2) is 5.89 Å². The predicted octanol–water partition coefficient (Wildman–Crippen LogP) is 1.77. The zero-order valence-electron chi connectivity index (χ0n) is 14.8. The Labute approximate surface area is 146 Å². The van der Waals surface area contributed by atoms with Crippen LogP contribution in [-0.2, 0) is 4.74 Å². The average Bonchev–Trinajstić information content (AvgIpc) is 3.24. The van der Waals surface area contributed by atoms with E-state index in [9.17, 15) is 4.79 Å². The Hall–Kier alpha value is -2.48. The van der Waals surface area contributed by atoms with Crippen LogP contribution in [0.4, 0.5) is 5.82 Å². The molecule has 0 aliphatic carbocycles. The second-order valence-corrected chi connectivity index (χ2v) is 6.19. The summed E-state index contributed by atoms with van der Waals surface area (Å²) < 4.78 is 10.8. The number of anilines is 1. The highest BCUT2D eigenvalue weighted by Crippen LogP contribution is 2.24. The van der Waals surface area contributed by atoms with Gasteiger partial charge in [-0.3, -0.25) is 4.79 Å². The van der Waals surface area contributed by atoms with Crippen molar-refractivity contribution in [3.05, 3.63) is 35.4 Å². The Balaban J connectivity index is 1.53. The predicted molar refractivity (Wildman–Crippen MR) is 91.6 cm³/mol. The van der Waals surface area contributed by atoms with E-state index in [4.69, 9.17) is 9.15 Å². The van der Waals surface area contributed by atoms with Gasteiger partial charge in [0.05, 0.1) is 18.0 Å². The first kappa shape index (κ1) is 17.3. The van der Waals surface area contributed by atoms with Gasteiger partial charge in [-0.05, 0) is 13.3 Å². The summed E-state index contributed by atoms with van der Waals surface area (Å²) in [6, 6.07) is 1.95. The molecule has 1 saturated heterocycles. The molecular formula is C17H23N5O3. The maximum Gasteiger partial charge on any atom is 0.291 e. The van der Waals surface area contributed by atoms with Crippen LogP contribution in [0.15, 0.2) is 16.8 Å². The number of aromatic nitrogens is 3. The van der Waals surface area contributed by atoms with Crippen molar-refractivity contribution in [1.82, 2.24) is 19.9 Å². The third-order valence-corrected chi connectivity index (χ3v) is 4.23. The first-order valence-corrected chi connectivity index (χ1v) is 8.37. The highest BCUT2D eigenvalue weighted by Gasteiger charge is 2.21. The van der Waals surface area contributed by atoms with Crippen LogP contribution in [0.3, 0.4) is 0 Å². The van der Waals surface area contributed by atoms with Gasteiger partial charge >= 0.3 is 0 Å². The Bertz CT molecular complexity index is 740. The molecule has 0 bridgehead atoms. The zero-order chi connectivity index (χ0) is 17.8. The largest absolute Gasteiger partial charge is 0.436 e. The Morgan fingerprint density at radius 2 is 2.24 bits per heavy atom. The summed E-state index contributed by atoms with van der Waals surface area (Å²) in [5.74, 6) is 1.71. The Kier molecular flexibility index (Phi) is 5.28. The van der Waals surface area contributed by atoms with E-state index in [-0.39, 0.29) is 5.91 Å². The first-order chi connectivity index (χ1) is 12.0. The average molecular weight is 345 g/mol. The molecule has 3 heterocycles. The number of carbonyl (C=O) groups is 1. The van der Waals surface area contributed by atoms with Crippen molar-refractivity contribution in [2.24, 2.45) is 0 Å². The molecule has 8 nitrogen and oxygen atoms in total. The van der Waals surface area contributed by atoms with Crippen LogP contribution in [-0.4, -0.2) is 59.1 Å². The number of aryl methyl sites for hydroxylation is 2. The number of carbonyl (C=O) groups excluding carboxylic acids is 1. The maximum absolute atomic E-state index is 12.4. The number of oxazole rings is 1. The molecule has 2 aromatic heterocycles. The van der Waals surface area contributed by atoms with E-state index in [2.05, 4.69) is 20.3 Å². The molecule has 0 saturated carbocycles. The number of rotatable bonds is 6. The number of nitrogens with zero attached hydrogens (tertiary/aromatic N) is 4. The maximum atomic E-state index is 12.4. The summed E-state index contributed by atoms with van der Waals surface area (Å²) in [4.78, 5) is 26.7. The number of hydrogen-bond acceptors (Lipinski definition) is 7. The third-order valence-electron chi connectivity index (χ3n) is 4.23. The van der Waals surface area contributed by atoms with Crippen LogP contribution in [0, 0.1) is 13.8 Å². The minimum atomic E-state index is -0.175. The van der Waals surface area contributed by atoms with E-state index in [0.29, 0.717) is 43.0 Å². The van der Waals surface area contributed by atoms with E-state index < -0.39 is 0 Å². The summed E-state index contributed by atoms with van der Waals surface area (Å²) >= 11 is 0. The highest BCUT2D eigenvalue weighted by atomic mass is 16.5. The van der Waals surface area contributed by atoms with Gasteiger partial charge in [0.2, 0.25) is 5.76 Å². The minimum absolute atomic E-state index is 0.175. The van der Waals surface area contributed by atoms with Crippen molar-refractivity contribution in [2.75, 3.05) is 38.7 Å². The van der Waals surface area contributed by atoms with Crippen LogP contribution < -0.4 is 5.32 Å². The molecule has 1 amide bonds. The van der Waals surface area contributed by atoms with Crippen LogP contribution in [0.1, 0.15) is 40.2 Å².